The molecule has 1 aromatic heterocycles. The quantitative estimate of drug-likeness (QED) is 0.663. The Morgan fingerprint density at radius 1 is 1.10 bits per heavy atom. The zero-order valence-corrected chi connectivity index (χ0v) is 17.6. The fourth-order valence-electron chi connectivity index (χ4n) is 4.15. The van der Waals surface area contributed by atoms with Crippen molar-refractivity contribution in [1.82, 2.24) is 14.4 Å². The standard InChI is InChI=1S/C24H28FN3O2/c1-3-28-11-10-27(12-13-30-23-7-5-4-6-18(23)14-24(28)29)17-19-16-26(2)22-9-8-20(25)15-21(19)22/h4-9,15-16H,3,10-14,17H2,1-2H3. The van der Waals surface area contributed by atoms with Crippen molar-refractivity contribution in [3.63, 3.8) is 0 Å². The van der Waals surface area contributed by atoms with Gasteiger partial charge < -0.3 is 14.2 Å². The number of aromatic nitrogens is 1. The summed E-state index contributed by atoms with van der Waals surface area (Å²) in [6.07, 6.45) is 2.42. The molecule has 2 aromatic carbocycles. The van der Waals surface area contributed by atoms with Crippen LogP contribution in [0.2, 0.25) is 0 Å². The molecular weight excluding hydrogens is 381 g/mol. The number of aryl methyl sites for hydroxylation is 1. The molecule has 0 spiro atoms. The molecule has 4 rings (SSSR count). The highest BCUT2D eigenvalue weighted by atomic mass is 19.1. The lowest BCUT2D eigenvalue weighted by atomic mass is 10.1. The van der Waals surface area contributed by atoms with E-state index >= 15 is 0 Å². The van der Waals surface area contributed by atoms with Gasteiger partial charge in [0.15, 0.2) is 0 Å². The van der Waals surface area contributed by atoms with E-state index in [4.69, 9.17) is 4.74 Å². The smallest absolute Gasteiger partial charge is 0.227 e. The highest BCUT2D eigenvalue weighted by Gasteiger charge is 2.19. The van der Waals surface area contributed by atoms with Gasteiger partial charge in [-0.3, -0.25) is 9.69 Å². The summed E-state index contributed by atoms with van der Waals surface area (Å²) >= 11 is 0. The number of benzene rings is 2. The van der Waals surface area contributed by atoms with Crippen LogP contribution in [0.25, 0.3) is 10.9 Å². The molecule has 5 nitrogen and oxygen atoms in total. The molecule has 0 fully saturated rings. The molecule has 0 unspecified atom stereocenters. The highest BCUT2D eigenvalue weighted by Crippen LogP contribution is 2.24. The van der Waals surface area contributed by atoms with Gasteiger partial charge in [0, 0.05) is 62.4 Å². The monoisotopic (exact) mass is 409 g/mol. The third-order valence-corrected chi connectivity index (χ3v) is 5.83. The maximum Gasteiger partial charge on any atom is 0.227 e. The number of hydrogen-bond donors (Lipinski definition) is 0. The molecule has 6 heteroatoms. The van der Waals surface area contributed by atoms with Crippen molar-refractivity contribution in [1.29, 1.82) is 0 Å². The van der Waals surface area contributed by atoms with Crippen molar-refractivity contribution in [3.8, 4) is 5.75 Å². The van der Waals surface area contributed by atoms with Crippen molar-refractivity contribution in [2.45, 2.75) is 19.9 Å². The van der Waals surface area contributed by atoms with Crippen molar-refractivity contribution in [2.24, 2.45) is 7.05 Å². The molecule has 1 amide bonds. The molecule has 158 valence electrons. The number of fused-ring (bicyclic) bond motifs is 2. The first kappa shape index (κ1) is 20.4. The van der Waals surface area contributed by atoms with Crippen molar-refractivity contribution < 1.29 is 13.9 Å². The summed E-state index contributed by atoms with van der Waals surface area (Å²) in [5, 5.41) is 0.932. The second-order valence-corrected chi connectivity index (χ2v) is 7.81. The SMILES string of the molecule is CCN1CCN(Cc2cn(C)c3ccc(F)cc23)CCOc2ccccc2CC1=O. The van der Waals surface area contributed by atoms with Gasteiger partial charge >= 0.3 is 0 Å². The molecule has 0 saturated carbocycles. The predicted molar refractivity (Wildman–Crippen MR) is 116 cm³/mol. The van der Waals surface area contributed by atoms with Crippen molar-refractivity contribution in [3.05, 3.63) is 65.6 Å². The number of amides is 1. The summed E-state index contributed by atoms with van der Waals surface area (Å²) in [6.45, 7) is 6.04. The first-order valence-electron chi connectivity index (χ1n) is 10.5. The Kier molecular flexibility index (Phi) is 6.04. The number of para-hydroxylation sites is 1. The minimum Gasteiger partial charge on any atom is -0.492 e. The Labute approximate surface area is 176 Å². The zero-order chi connectivity index (χ0) is 21.1. The first-order valence-corrected chi connectivity index (χ1v) is 10.5. The molecule has 1 aliphatic rings. The Morgan fingerprint density at radius 3 is 2.77 bits per heavy atom. The fraction of sp³-hybridized carbons (Fsp3) is 0.375. The zero-order valence-electron chi connectivity index (χ0n) is 17.6. The van der Waals surface area contributed by atoms with Crippen molar-refractivity contribution >= 4 is 16.8 Å². The van der Waals surface area contributed by atoms with Gasteiger partial charge in [-0.2, -0.15) is 0 Å². The second-order valence-electron chi connectivity index (χ2n) is 7.81. The number of halogens is 1. The van der Waals surface area contributed by atoms with Crippen molar-refractivity contribution in [2.75, 3.05) is 32.8 Å². The average molecular weight is 410 g/mol. The van der Waals surface area contributed by atoms with E-state index in [-0.39, 0.29) is 11.7 Å². The average Bonchev–Trinajstić information content (AvgIpc) is 3.02. The maximum atomic E-state index is 13.9. The predicted octanol–water partition coefficient (Wildman–Crippen LogP) is 3.60. The molecule has 0 N–H and O–H groups in total. The van der Waals surface area contributed by atoms with Crippen LogP contribution in [0.1, 0.15) is 18.1 Å². The summed E-state index contributed by atoms with van der Waals surface area (Å²) in [7, 11) is 1.98. The third-order valence-electron chi connectivity index (χ3n) is 5.83. The van der Waals surface area contributed by atoms with Crippen LogP contribution in [0.4, 0.5) is 4.39 Å². The Bertz CT molecular complexity index is 1050. The molecule has 1 aliphatic heterocycles. The Hall–Kier alpha value is -2.86. The summed E-state index contributed by atoms with van der Waals surface area (Å²) in [4.78, 5) is 17.0. The van der Waals surface area contributed by atoms with Crippen LogP contribution < -0.4 is 4.74 Å². The molecule has 3 aromatic rings. The second kappa shape index (κ2) is 8.88. The number of nitrogens with zero attached hydrogens (tertiary/aromatic N) is 3. The van der Waals surface area contributed by atoms with Gasteiger partial charge in [-0.1, -0.05) is 18.2 Å². The van der Waals surface area contributed by atoms with Gasteiger partial charge in [0.25, 0.3) is 0 Å². The van der Waals surface area contributed by atoms with Crippen LogP contribution in [0.5, 0.6) is 5.75 Å². The number of rotatable bonds is 3. The molecule has 2 heterocycles. The summed E-state index contributed by atoms with van der Waals surface area (Å²) in [5.74, 6) is 0.661. The largest absolute Gasteiger partial charge is 0.492 e. The summed E-state index contributed by atoms with van der Waals surface area (Å²) in [5.41, 5.74) is 3.02. The van der Waals surface area contributed by atoms with Gasteiger partial charge in [0.1, 0.15) is 18.2 Å². The lowest BCUT2D eigenvalue weighted by molar-refractivity contribution is -0.130. The van der Waals surface area contributed by atoms with E-state index in [1.54, 1.807) is 6.07 Å². The topological polar surface area (TPSA) is 37.7 Å². The summed E-state index contributed by atoms with van der Waals surface area (Å²) in [6, 6.07) is 12.7. The van der Waals surface area contributed by atoms with E-state index in [1.807, 2.05) is 53.8 Å². The molecule has 0 aliphatic carbocycles. The van der Waals surface area contributed by atoms with Crippen LogP contribution in [0, 0.1) is 5.82 Å². The van der Waals surface area contributed by atoms with Crippen LogP contribution in [0.3, 0.4) is 0 Å². The lowest BCUT2D eigenvalue weighted by Crippen LogP contribution is -2.39. The number of hydrogen-bond acceptors (Lipinski definition) is 3. The first-order chi connectivity index (χ1) is 14.5. The number of carbonyl (C=O) groups is 1. The molecular formula is C24H28FN3O2. The lowest BCUT2D eigenvalue weighted by Gasteiger charge is -2.26. The minimum atomic E-state index is -0.227. The van der Waals surface area contributed by atoms with Crippen LogP contribution >= 0.6 is 0 Å². The van der Waals surface area contributed by atoms with Gasteiger partial charge in [0.05, 0.1) is 6.42 Å². The van der Waals surface area contributed by atoms with E-state index in [9.17, 15) is 9.18 Å². The van der Waals surface area contributed by atoms with Crippen LogP contribution in [0.15, 0.2) is 48.7 Å². The van der Waals surface area contributed by atoms with Gasteiger partial charge in [-0.05, 0) is 36.8 Å². The van der Waals surface area contributed by atoms with Gasteiger partial charge in [0.2, 0.25) is 5.91 Å². The van der Waals surface area contributed by atoms with Gasteiger partial charge in [-0.15, -0.1) is 0 Å². The highest BCUT2D eigenvalue weighted by molar-refractivity contribution is 5.84. The summed E-state index contributed by atoms with van der Waals surface area (Å²) < 4.78 is 21.9. The Morgan fingerprint density at radius 2 is 1.93 bits per heavy atom. The minimum absolute atomic E-state index is 0.114. The normalized spacial score (nSPS) is 16.2. The van der Waals surface area contributed by atoms with Gasteiger partial charge in [-0.25, -0.2) is 4.39 Å². The molecule has 0 radical (unpaired) electrons. The molecule has 0 bridgehead atoms. The fourth-order valence-corrected chi connectivity index (χ4v) is 4.15. The van der Waals surface area contributed by atoms with E-state index in [0.717, 1.165) is 40.9 Å². The number of likely N-dealkylation sites (N-methyl/N-ethyl adjacent to an activating group) is 1. The van der Waals surface area contributed by atoms with Crippen LogP contribution in [-0.4, -0.2) is 53.1 Å². The molecule has 0 saturated heterocycles. The molecule has 30 heavy (non-hydrogen) atoms. The third kappa shape index (κ3) is 4.33. The number of carbonyl (C=O) groups excluding carboxylic acids is 1. The molecule has 0 atom stereocenters. The number of ether oxygens (including phenoxy) is 1. The van der Waals surface area contributed by atoms with E-state index in [2.05, 4.69) is 11.1 Å². The van der Waals surface area contributed by atoms with E-state index in [0.29, 0.717) is 32.7 Å². The Balaban J connectivity index is 1.58. The van der Waals surface area contributed by atoms with Crippen LogP contribution in [-0.2, 0) is 24.8 Å². The van der Waals surface area contributed by atoms with E-state index in [1.165, 1.54) is 6.07 Å². The maximum absolute atomic E-state index is 13.9. The van der Waals surface area contributed by atoms with E-state index < -0.39 is 0 Å².